The topological polar surface area (TPSA) is 61.4 Å². The molecule has 0 aromatic heterocycles. The molecule has 1 aliphatic carbocycles. The molecule has 27 heavy (non-hydrogen) atoms. The van der Waals surface area contributed by atoms with Crippen molar-refractivity contribution in [2.75, 3.05) is 31.5 Å². The van der Waals surface area contributed by atoms with Crippen molar-refractivity contribution >= 4 is 29.1 Å². The molecule has 7 heteroatoms. The van der Waals surface area contributed by atoms with Gasteiger partial charge in [-0.05, 0) is 68.8 Å². The van der Waals surface area contributed by atoms with E-state index in [2.05, 4.69) is 10.6 Å². The molecule has 1 spiro atoms. The van der Waals surface area contributed by atoms with Crippen LogP contribution in [0.4, 0.5) is 10.1 Å². The van der Waals surface area contributed by atoms with Crippen molar-refractivity contribution < 1.29 is 14.0 Å². The lowest BCUT2D eigenvalue weighted by Gasteiger charge is -2.32. The number of anilines is 1. The summed E-state index contributed by atoms with van der Waals surface area (Å²) in [7, 11) is 0. The summed E-state index contributed by atoms with van der Waals surface area (Å²) in [6, 6.07) is 4.16. The summed E-state index contributed by atoms with van der Waals surface area (Å²) in [4.78, 5) is 27.2. The summed E-state index contributed by atoms with van der Waals surface area (Å²) >= 11 is 5.76. The van der Waals surface area contributed by atoms with Crippen LogP contribution in [-0.4, -0.2) is 42.9 Å². The number of hydrogen-bond donors (Lipinski definition) is 2. The third kappa shape index (κ3) is 3.83. The van der Waals surface area contributed by atoms with Gasteiger partial charge in [-0.2, -0.15) is 0 Å². The summed E-state index contributed by atoms with van der Waals surface area (Å²) in [5.74, 6) is -0.267. The van der Waals surface area contributed by atoms with Crippen LogP contribution in [0.2, 0.25) is 5.02 Å². The van der Waals surface area contributed by atoms with Gasteiger partial charge in [0.15, 0.2) is 0 Å². The Hall–Kier alpha value is -1.66. The predicted molar refractivity (Wildman–Crippen MR) is 102 cm³/mol. The zero-order valence-electron chi connectivity index (χ0n) is 15.3. The van der Waals surface area contributed by atoms with E-state index in [1.54, 1.807) is 0 Å². The summed E-state index contributed by atoms with van der Waals surface area (Å²) in [6.45, 7) is 3.29. The lowest BCUT2D eigenvalue weighted by Crippen LogP contribution is -2.43. The molecule has 146 valence electrons. The van der Waals surface area contributed by atoms with Crippen LogP contribution < -0.4 is 10.6 Å². The molecule has 4 rings (SSSR count). The maximum atomic E-state index is 13.2. The fraction of sp³-hybridized carbons (Fsp3) is 0.600. The number of carbonyl (C=O) groups excluding carboxylic acids is 2. The third-order valence-electron chi connectivity index (χ3n) is 6.45. The summed E-state index contributed by atoms with van der Waals surface area (Å²) < 4.78 is 13.2. The Morgan fingerprint density at radius 1 is 1.22 bits per heavy atom. The van der Waals surface area contributed by atoms with Crippen molar-refractivity contribution in [1.82, 2.24) is 10.2 Å². The number of likely N-dealkylation sites (tertiary alicyclic amines) is 1. The van der Waals surface area contributed by atoms with E-state index in [1.807, 2.05) is 4.90 Å². The molecule has 3 fully saturated rings. The molecule has 0 radical (unpaired) electrons. The molecule has 1 atom stereocenters. The average Bonchev–Trinajstić information content (AvgIpc) is 3.37. The number of piperidine rings is 2. The molecule has 1 saturated carbocycles. The number of nitrogens with one attached hydrogen (secondary N) is 2. The molecule has 2 N–H and O–H groups in total. The minimum atomic E-state index is -0.506. The second kappa shape index (κ2) is 7.40. The molecule has 2 heterocycles. The Kier molecular flexibility index (Phi) is 5.12. The van der Waals surface area contributed by atoms with Crippen LogP contribution in [-0.2, 0) is 9.59 Å². The monoisotopic (exact) mass is 393 g/mol. The normalized spacial score (nSPS) is 24.7. The molecule has 1 aromatic rings. The molecule has 3 aliphatic rings. The number of rotatable bonds is 3. The summed E-state index contributed by atoms with van der Waals surface area (Å²) in [5.41, 5.74) is 0.744. The Morgan fingerprint density at radius 2 is 1.93 bits per heavy atom. The van der Waals surface area contributed by atoms with Crippen LogP contribution in [0.5, 0.6) is 0 Å². The first-order chi connectivity index (χ1) is 13.0. The van der Waals surface area contributed by atoms with Gasteiger partial charge >= 0.3 is 0 Å². The zero-order chi connectivity index (χ0) is 19.0. The SMILES string of the molecule is O=C(Nc1ccc(F)c(Cl)c1)C1CCN(C(=O)C2CC23CCNCC3)CC1. The maximum absolute atomic E-state index is 13.2. The van der Waals surface area contributed by atoms with Gasteiger partial charge < -0.3 is 15.5 Å². The fourth-order valence-electron chi connectivity index (χ4n) is 4.57. The minimum Gasteiger partial charge on any atom is -0.342 e. The van der Waals surface area contributed by atoms with Crippen molar-refractivity contribution in [2.45, 2.75) is 32.1 Å². The average molecular weight is 394 g/mol. The third-order valence-corrected chi connectivity index (χ3v) is 6.74. The number of nitrogens with zero attached hydrogens (tertiary/aromatic N) is 1. The van der Waals surface area contributed by atoms with E-state index in [4.69, 9.17) is 11.6 Å². The molecule has 2 aliphatic heterocycles. The van der Waals surface area contributed by atoms with E-state index < -0.39 is 5.82 Å². The minimum absolute atomic E-state index is 0.00973. The first-order valence-corrected chi connectivity index (χ1v) is 10.1. The van der Waals surface area contributed by atoms with Gasteiger partial charge in [-0.25, -0.2) is 4.39 Å². The van der Waals surface area contributed by atoms with E-state index in [0.717, 1.165) is 32.4 Å². The Labute approximate surface area is 163 Å². The highest BCUT2D eigenvalue weighted by Crippen LogP contribution is 2.59. The largest absolute Gasteiger partial charge is 0.342 e. The van der Waals surface area contributed by atoms with Crippen LogP contribution in [0, 0.1) is 23.1 Å². The van der Waals surface area contributed by atoms with Gasteiger partial charge in [0.2, 0.25) is 11.8 Å². The molecule has 1 aromatic carbocycles. The second-order valence-corrected chi connectivity index (χ2v) is 8.49. The number of benzene rings is 1. The van der Waals surface area contributed by atoms with E-state index in [1.165, 1.54) is 18.2 Å². The lowest BCUT2D eigenvalue weighted by atomic mass is 9.90. The zero-order valence-corrected chi connectivity index (χ0v) is 16.0. The Bertz CT molecular complexity index is 743. The first-order valence-electron chi connectivity index (χ1n) is 9.74. The first kappa shape index (κ1) is 18.7. The molecule has 2 amide bonds. The molecular formula is C20H25ClFN3O2. The molecule has 2 saturated heterocycles. The van der Waals surface area contributed by atoms with E-state index in [9.17, 15) is 14.0 Å². The van der Waals surface area contributed by atoms with E-state index in [-0.39, 0.29) is 34.1 Å². The van der Waals surface area contributed by atoms with Gasteiger partial charge in [-0.1, -0.05) is 11.6 Å². The van der Waals surface area contributed by atoms with Gasteiger partial charge in [-0.15, -0.1) is 0 Å². The van der Waals surface area contributed by atoms with Crippen molar-refractivity contribution in [3.63, 3.8) is 0 Å². The van der Waals surface area contributed by atoms with Crippen molar-refractivity contribution in [3.8, 4) is 0 Å². The number of amides is 2. The van der Waals surface area contributed by atoms with Crippen LogP contribution in [0.25, 0.3) is 0 Å². The quantitative estimate of drug-likeness (QED) is 0.829. The van der Waals surface area contributed by atoms with Gasteiger partial charge in [-0.3, -0.25) is 9.59 Å². The van der Waals surface area contributed by atoms with Crippen LogP contribution >= 0.6 is 11.6 Å². The standard InChI is InChI=1S/C20H25ClFN3O2/c21-16-11-14(1-2-17(16)22)24-18(26)13-3-9-25(10-4-13)19(27)15-12-20(15)5-7-23-8-6-20/h1-2,11,13,15,23H,3-10,12H2,(H,24,26). The highest BCUT2D eigenvalue weighted by Gasteiger charge is 2.58. The van der Waals surface area contributed by atoms with Crippen molar-refractivity contribution in [2.24, 2.45) is 17.3 Å². The fourth-order valence-corrected chi connectivity index (χ4v) is 4.76. The van der Waals surface area contributed by atoms with E-state index in [0.29, 0.717) is 31.6 Å². The number of carbonyl (C=O) groups is 2. The second-order valence-electron chi connectivity index (χ2n) is 8.09. The van der Waals surface area contributed by atoms with Crippen molar-refractivity contribution in [3.05, 3.63) is 29.0 Å². The maximum Gasteiger partial charge on any atom is 0.227 e. The summed E-state index contributed by atoms with van der Waals surface area (Å²) in [6.07, 6.45) is 4.55. The van der Waals surface area contributed by atoms with E-state index >= 15 is 0 Å². The number of hydrogen-bond acceptors (Lipinski definition) is 3. The van der Waals surface area contributed by atoms with Crippen LogP contribution in [0.3, 0.4) is 0 Å². The summed E-state index contributed by atoms with van der Waals surface area (Å²) in [5, 5.41) is 6.16. The molecular weight excluding hydrogens is 369 g/mol. The number of halogens is 2. The molecule has 5 nitrogen and oxygen atoms in total. The predicted octanol–water partition coefficient (Wildman–Crippen LogP) is 3.05. The molecule has 1 unspecified atom stereocenters. The molecule has 0 bridgehead atoms. The Balaban J connectivity index is 1.28. The Morgan fingerprint density at radius 3 is 2.59 bits per heavy atom. The highest BCUT2D eigenvalue weighted by atomic mass is 35.5. The van der Waals surface area contributed by atoms with Gasteiger partial charge in [0.05, 0.1) is 5.02 Å². The van der Waals surface area contributed by atoms with Crippen LogP contribution in [0.1, 0.15) is 32.1 Å². The van der Waals surface area contributed by atoms with Crippen LogP contribution in [0.15, 0.2) is 18.2 Å². The lowest BCUT2D eigenvalue weighted by molar-refractivity contribution is -0.136. The highest BCUT2D eigenvalue weighted by molar-refractivity contribution is 6.31. The smallest absolute Gasteiger partial charge is 0.227 e. The van der Waals surface area contributed by atoms with Gasteiger partial charge in [0, 0.05) is 30.6 Å². The van der Waals surface area contributed by atoms with Gasteiger partial charge in [0.1, 0.15) is 5.82 Å². The van der Waals surface area contributed by atoms with Crippen molar-refractivity contribution in [1.29, 1.82) is 0 Å². The van der Waals surface area contributed by atoms with Gasteiger partial charge in [0.25, 0.3) is 0 Å².